The van der Waals surface area contributed by atoms with Crippen molar-refractivity contribution in [1.29, 1.82) is 0 Å². The molecule has 0 N–H and O–H groups in total. The smallest absolute Gasteiger partial charge is 0.150 e. The second-order valence-corrected chi connectivity index (χ2v) is 4.34. The Morgan fingerprint density at radius 1 is 1.28 bits per heavy atom. The lowest BCUT2D eigenvalue weighted by Gasteiger charge is -2.19. The molecule has 0 saturated carbocycles. The number of benzene rings is 1. The molecular formula is C15H16N2O. The van der Waals surface area contributed by atoms with Gasteiger partial charge >= 0.3 is 0 Å². The number of anilines is 1. The highest BCUT2D eigenvalue weighted by atomic mass is 16.1. The number of hydrogen-bond acceptors (Lipinski definition) is 3. The van der Waals surface area contributed by atoms with Gasteiger partial charge in [0.15, 0.2) is 0 Å². The van der Waals surface area contributed by atoms with Crippen LogP contribution in [0.5, 0.6) is 0 Å². The quantitative estimate of drug-likeness (QED) is 0.770. The minimum absolute atomic E-state index is 0.741. The highest BCUT2D eigenvalue weighted by molar-refractivity contribution is 5.78. The molecule has 0 bridgehead atoms. The zero-order chi connectivity index (χ0) is 13.0. The van der Waals surface area contributed by atoms with E-state index in [4.69, 9.17) is 0 Å². The monoisotopic (exact) mass is 240 g/mol. The van der Waals surface area contributed by atoms with Gasteiger partial charge in [0, 0.05) is 24.5 Å². The van der Waals surface area contributed by atoms with Gasteiger partial charge in [-0.25, -0.2) is 0 Å². The lowest BCUT2D eigenvalue weighted by atomic mass is 10.1. The van der Waals surface area contributed by atoms with Gasteiger partial charge in [0.25, 0.3) is 0 Å². The predicted molar refractivity (Wildman–Crippen MR) is 72.9 cm³/mol. The summed E-state index contributed by atoms with van der Waals surface area (Å²) in [6, 6.07) is 11.7. The van der Waals surface area contributed by atoms with Gasteiger partial charge in [0.2, 0.25) is 0 Å². The maximum Gasteiger partial charge on any atom is 0.150 e. The Hall–Kier alpha value is -2.16. The summed E-state index contributed by atoms with van der Waals surface area (Å²) >= 11 is 0. The molecule has 3 heteroatoms. The molecule has 0 amide bonds. The molecule has 0 spiro atoms. The number of nitrogens with zero attached hydrogens (tertiary/aromatic N) is 2. The molecule has 0 aliphatic rings. The maximum absolute atomic E-state index is 10.8. The Labute approximate surface area is 107 Å². The van der Waals surface area contributed by atoms with Crippen molar-refractivity contribution in [2.45, 2.75) is 13.5 Å². The summed E-state index contributed by atoms with van der Waals surface area (Å²) < 4.78 is 0. The first-order valence-electron chi connectivity index (χ1n) is 5.87. The average molecular weight is 240 g/mol. The van der Waals surface area contributed by atoms with E-state index in [2.05, 4.69) is 9.88 Å². The summed E-state index contributed by atoms with van der Waals surface area (Å²) in [7, 11) is 2.02. The van der Waals surface area contributed by atoms with Gasteiger partial charge in [-0.15, -0.1) is 0 Å². The highest BCUT2D eigenvalue weighted by Gasteiger charge is 2.05. The number of aryl methyl sites for hydroxylation is 1. The third-order valence-electron chi connectivity index (χ3n) is 2.95. The number of carbonyl (C=O) groups is 1. The van der Waals surface area contributed by atoms with Crippen LogP contribution in [0.2, 0.25) is 0 Å². The predicted octanol–water partition coefficient (Wildman–Crippen LogP) is 2.84. The Morgan fingerprint density at radius 3 is 2.72 bits per heavy atom. The van der Waals surface area contributed by atoms with Crippen LogP contribution in [-0.2, 0) is 6.54 Å². The highest BCUT2D eigenvalue weighted by Crippen LogP contribution is 2.18. The molecule has 1 heterocycles. The third-order valence-corrected chi connectivity index (χ3v) is 2.95. The molecule has 18 heavy (non-hydrogen) atoms. The van der Waals surface area contributed by atoms with Gasteiger partial charge in [-0.2, -0.15) is 0 Å². The molecule has 0 unspecified atom stereocenters. The fourth-order valence-corrected chi connectivity index (χ4v) is 1.86. The molecule has 0 fully saturated rings. The molecule has 1 aromatic carbocycles. The SMILES string of the molecule is Cc1cc(N(C)Cc2ccccn2)ccc1C=O. The van der Waals surface area contributed by atoms with E-state index >= 15 is 0 Å². The summed E-state index contributed by atoms with van der Waals surface area (Å²) in [5.41, 5.74) is 3.85. The first-order valence-corrected chi connectivity index (χ1v) is 5.87. The van der Waals surface area contributed by atoms with Crippen LogP contribution < -0.4 is 4.90 Å². The zero-order valence-electron chi connectivity index (χ0n) is 10.6. The molecule has 2 aromatic rings. The second-order valence-electron chi connectivity index (χ2n) is 4.34. The van der Waals surface area contributed by atoms with Crippen LogP contribution in [0.15, 0.2) is 42.6 Å². The van der Waals surface area contributed by atoms with E-state index < -0.39 is 0 Å². The van der Waals surface area contributed by atoms with Crippen LogP contribution in [-0.4, -0.2) is 18.3 Å². The number of aromatic nitrogens is 1. The average Bonchev–Trinajstić information content (AvgIpc) is 2.39. The first kappa shape index (κ1) is 12.3. The van der Waals surface area contributed by atoms with Crippen LogP contribution in [0.25, 0.3) is 0 Å². The number of carbonyl (C=O) groups excluding carboxylic acids is 1. The van der Waals surface area contributed by atoms with E-state index in [1.807, 2.05) is 50.4 Å². The van der Waals surface area contributed by atoms with E-state index in [1.54, 1.807) is 6.20 Å². The van der Waals surface area contributed by atoms with Crippen molar-refractivity contribution in [3.8, 4) is 0 Å². The van der Waals surface area contributed by atoms with Crippen LogP contribution >= 0.6 is 0 Å². The fourth-order valence-electron chi connectivity index (χ4n) is 1.86. The van der Waals surface area contributed by atoms with Gasteiger partial charge in [-0.1, -0.05) is 6.07 Å². The van der Waals surface area contributed by atoms with E-state index in [0.29, 0.717) is 0 Å². The molecule has 0 aliphatic carbocycles. The minimum Gasteiger partial charge on any atom is -0.369 e. The summed E-state index contributed by atoms with van der Waals surface area (Å²) in [6.45, 7) is 2.70. The van der Waals surface area contributed by atoms with Crippen molar-refractivity contribution >= 4 is 12.0 Å². The molecule has 1 aromatic heterocycles. The Balaban J connectivity index is 2.16. The van der Waals surface area contributed by atoms with E-state index in [-0.39, 0.29) is 0 Å². The lowest BCUT2D eigenvalue weighted by molar-refractivity contribution is 0.112. The molecule has 0 radical (unpaired) electrons. The van der Waals surface area contributed by atoms with Crippen molar-refractivity contribution in [3.05, 3.63) is 59.4 Å². The van der Waals surface area contributed by atoms with E-state index in [9.17, 15) is 4.79 Å². The van der Waals surface area contributed by atoms with E-state index in [1.165, 1.54) is 0 Å². The maximum atomic E-state index is 10.8. The molecule has 0 atom stereocenters. The number of aldehydes is 1. The van der Waals surface area contributed by atoms with Crippen LogP contribution in [0, 0.1) is 6.92 Å². The largest absolute Gasteiger partial charge is 0.369 e. The summed E-state index contributed by atoms with van der Waals surface area (Å²) in [5, 5.41) is 0. The zero-order valence-corrected chi connectivity index (χ0v) is 10.6. The van der Waals surface area contributed by atoms with Gasteiger partial charge in [0.1, 0.15) is 6.29 Å². The van der Waals surface area contributed by atoms with Gasteiger partial charge < -0.3 is 4.90 Å². The molecule has 0 aliphatic heterocycles. The number of hydrogen-bond donors (Lipinski definition) is 0. The van der Waals surface area contributed by atoms with E-state index in [0.717, 1.165) is 35.3 Å². The van der Waals surface area contributed by atoms with Gasteiger partial charge in [0.05, 0.1) is 12.2 Å². The topological polar surface area (TPSA) is 33.2 Å². The fraction of sp³-hybridized carbons (Fsp3) is 0.200. The lowest BCUT2D eigenvalue weighted by Crippen LogP contribution is -2.17. The molecular weight excluding hydrogens is 224 g/mol. The van der Waals surface area contributed by atoms with Crippen LogP contribution in [0.1, 0.15) is 21.6 Å². The van der Waals surface area contributed by atoms with Crippen molar-refractivity contribution in [2.24, 2.45) is 0 Å². The standard InChI is InChI=1S/C15H16N2O/c1-12-9-15(7-6-13(12)11-18)17(2)10-14-5-3-4-8-16-14/h3-9,11H,10H2,1-2H3. The Kier molecular flexibility index (Phi) is 3.72. The van der Waals surface area contributed by atoms with Gasteiger partial charge in [-0.05, 0) is 42.8 Å². The third kappa shape index (κ3) is 2.74. The van der Waals surface area contributed by atoms with Gasteiger partial charge in [-0.3, -0.25) is 9.78 Å². The summed E-state index contributed by atoms with van der Waals surface area (Å²) in [5.74, 6) is 0. The summed E-state index contributed by atoms with van der Waals surface area (Å²) in [4.78, 5) is 17.2. The second kappa shape index (κ2) is 5.45. The van der Waals surface area contributed by atoms with Crippen molar-refractivity contribution in [2.75, 3.05) is 11.9 Å². The number of rotatable bonds is 4. The van der Waals surface area contributed by atoms with Crippen molar-refractivity contribution in [1.82, 2.24) is 4.98 Å². The molecule has 0 saturated heterocycles. The van der Waals surface area contributed by atoms with Crippen molar-refractivity contribution < 1.29 is 4.79 Å². The van der Waals surface area contributed by atoms with Crippen molar-refractivity contribution in [3.63, 3.8) is 0 Å². The normalized spacial score (nSPS) is 10.1. The Bertz CT molecular complexity index is 537. The first-order chi connectivity index (χ1) is 8.70. The van der Waals surface area contributed by atoms with Crippen LogP contribution in [0.4, 0.5) is 5.69 Å². The van der Waals surface area contributed by atoms with Crippen LogP contribution in [0.3, 0.4) is 0 Å². The molecule has 2 rings (SSSR count). The molecule has 92 valence electrons. The minimum atomic E-state index is 0.741. The molecule has 3 nitrogen and oxygen atoms in total. The summed E-state index contributed by atoms with van der Waals surface area (Å²) in [6.07, 6.45) is 2.68. The number of pyridine rings is 1. The Morgan fingerprint density at radius 2 is 2.11 bits per heavy atom.